The van der Waals surface area contributed by atoms with E-state index in [-0.39, 0.29) is 0 Å². The number of nitrogens with one attached hydrogen (secondary N) is 1. The normalized spacial score (nSPS) is 23.0. The van der Waals surface area contributed by atoms with Gasteiger partial charge in [-0.05, 0) is 45.4 Å². The Morgan fingerprint density at radius 1 is 1.25 bits per heavy atom. The van der Waals surface area contributed by atoms with Crippen LogP contribution in [0, 0.1) is 0 Å². The van der Waals surface area contributed by atoms with Gasteiger partial charge in [0, 0.05) is 53.1 Å². The molecule has 1 N–H and O–H groups in total. The summed E-state index contributed by atoms with van der Waals surface area (Å²) in [6, 6.07) is 0. The Kier molecular flexibility index (Phi) is 9.46. The lowest BCUT2D eigenvalue weighted by atomic mass is 10.1. The Bertz CT molecular complexity index is 351. The molecule has 1 atom stereocenters. The molecule has 0 spiro atoms. The SMILES string of the molecule is CCNC(=NCCC1CCCO1)N1CCC(OCCCOC)CC1. The number of ether oxygens (including phenoxy) is 3. The smallest absolute Gasteiger partial charge is 0.193 e. The van der Waals surface area contributed by atoms with Gasteiger partial charge in [0.2, 0.25) is 0 Å². The van der Waals surface area contributed by atoms with Crippen LogP contribution in [0.4, 0.5) is 0 Å². The van der Waals surface area contributed by atoms with Crippen molar-refractivity contribution in [3.8, 4) is 0 Å². The molecule has 2 saturated heterocycles. The van der Waals surface area contributed by atoms with Gasteiger partial charge in [0.15, 0.2) is 5.96 Å². The van der Waals surface area contributed by atoms with E-state index in [1.165, 1.54) is 12.8 Å². The molecule has 2 heterocycles. The van der Waals surface area contributed by atoms with Crippen LogP contribution in [0.2, 0.25) is 0 Å². The van der Waals surface area contributed by atoms with Gasteiger partial charge < -0.3 is 24.4 Å². The van der Waals surface area contributed by atoms with Crippen LogP contribution in [0.3, 0.4) is 0 Å². The topological polar surface area (TPSA) is 55.3 Å². The number of likely N-dealkylation sites (tertiary alicyclic amines) is 1. The summed E-state index contributed by atoms with van der Waals surface area (Å²) in [4.78, 5) is 7.18. The van der Waals surface area contributed by atoms with Gasteiger partial charge >= 0.3 is 0 Å². The zero-order valence-corrected chi connectivity index (χ0v) is 15.5. The Morgan fingerprint density at radius 3 is 2.75 bits per heavy atom. The van der Waals surface area contributed by atoms with Gasteiger partial charge in [-0.15, -0.1) is 0 Å². The van der Waals surface area contributed by atoms with Crippen molar-refractivity contribution in [2.45, 2.75) is 57.7 Å². The summed E-state index contributed by atoms with van der Waals surface area (Å²) in [5.41, 5.74) is 0. The van der Waals surface area contributed by atoms with Crippen molar-refractivity contribution in [1.29, 1.82) is 0 Å². The first-order valence-corrected chi connectivity index (χ1v) is 9.59. The predicted octanol–water partition coefficient (Wildman–Crippen LogP) is 2.04. The van der Waals surface area contributed by atoms with Crippen molar-refractivity contribution in [3.63, 3.8) is 0 Å². The van der Waals surface area contributed by atoms with E-state index >= 15 is 0 Å². The number of guanidine groups is 1. The molecule has 0 radical (unpaired) electrons. The molecule has 140 valence electrons. The van der Waals surface area contributed by atoms with Gasteiger partial charge in [-0.1, -0.05) is 0 Å². The summed E-state index contributed by atoms with van der Waals surface area (Å²) in [5.74, 6) is 1.05. The van der Waals surface area contributed by atoms with Crippen molar-refractivity contribution in [3.05, 3.63) is 0 Å². The average molecular weight is 341 g/mol. The van der Waals surface area contributed by atoms with Gasteiger partial charge in [-0.2, -0.15) is 0 Å². The number of piperidine rings is 1. The highest BCUT2D eigenvalue weighted by atomic mass is 16.5. The molecular weight excluding hydrogens is 306 g/mol. The van der Waals surface area contributed by atoms with Gasteiger partial charge in [0.1, 0.15) is 0 Å². The number of hydrogen-bond acceptors (Lipinski definition) is 4. The molecular formula is C18H35N3O3. The molecule has 0 aromatic carbocycles. The Morgan fingerprint density at radius 2 is 2.08 bits per heavy atom. The first-order chi connectivity index (χ1) is 11.8. The summed E-state index contributed by atoms with van der Waals surface area (Å²) in [5, 5.41) is 3.43. The molecule has 6 nitrogen and oxygen atoms in total. The first-order valence-electron chi connectivity index (χ1n) is 9.59. The standard InChI is InChI=1S/C18H35N3O3/c1-3-19-18(20-10-7-16-6-4-14-23-16)21-11-8-17(9-12-21)24-15-5-13-22-2/h16-17H,3-15H2,1-2H3,(H,19,20). The fraction of sp³-hybridized carbons (Fsp3) is 0.944. The van der Waals surface area contributed by atoms with E-state index in [1.54, 1.807) is 7.11 Å². The largest absolute Gasteiger partial charge is 0.385 e. The number of hydrogen-bond donors (Lipinski definition) is 1. The van der Waals surface area contributed by atoms with Crippen LogP contribution in [0.1, 0.15) is 45.4 Å². The maximum atomic E-state index is 5.94. The second-order valence-electron chi connectivity index (χ2n) is 6.56. The van der Waals surface area contributed by atoms with Gasteiger partial charge in [0.25, 0.3) is 0 Å². The quantitative estimate of drug-likeness (QED) is 0.395. The molecule has 2 rings (SSSR count). The molecule has 6 heteroatoms. The van der Waals surface area contributed by atoms with Crippen LogP contribution in [0.25, 0.3) is 0 Å². The van der Waals surface area contributed by atoms with E-state index in [9.17, 15) is 0 Å². The third-order valence-electron chi connectivity index (χ3n) is 4.66. The molecule has 2 aliphatic heterocycles. The highest BCUT2D eigenvalue weighted by molar-refractivity contribution is 5.80. The molecule has 0 saturated carbocycles. The molecule has 0 aromatic heterocycles. The van der Waals surface area contributed by atoms with E-state index in [2.05, 4.69) is 17.1 Å². The maximum Gasteiger partial charge on any atom is 0.193 e. The Balaban J connectivity index is 1.69. The zero-order valence-electron chi connectivity index (χ0n) is 15.5. The Hall–Kier alpha value is -0.850. The van der Waals surface area contributed by atoms with Gasteiger partial charge in [-0.3, -0.25) is 4.99 Å². The first kappa shape index (κ1) is 19.5. The second-order valence-corrected chi connectivity index (χ2v) is 6.56. The van der Waals surface area contributed by atoms with Gasteiger partial charge in [0.05, 0.1) is 12.2 Å². The van der Waals surface area contributed by atoms with E-state index in [0.717, 1.165) is 77.6 Å². The van der Waals surface area contributed by atoms with Crippen molar-refractivity contribution in [1.82, 2.24) is 10.2 Å². The summed E-state index contributed by atoms with van der Waals surface area (Å²) in [6.07, 6.45) is 7.35. The molecule has 0 amide bonds. The minimum Gasteiger partial charge on any atom is -0.385 e. The molecule has 2 fully saturated rings. The van der Waals surface area contributed by atoms with Crippen LogP contribution in [0.15, 0.2) is 4.99 Å². The fourth-order valence-electron chi connectivity index (χ4n) is 3.30. The van der Waals surface area contributed by atoms with Crippen LogP contribution in [-0.4, -0.2) is 76.2 Å². The number of rotatable bonds is 9. The summed E-state index contributed by atoms with van der Waals surface area (Å²) >= 11 is 0. The summed E-state index contributed by atoms with van der Waals surface area (Å²) in [6.45, 7) is 8.41. The van der Waals surface area contributed by atoms with Gasteiger partial charge in [-0.25, -0.2) is 0 Å². The highest BCUT2D eigenvalue weighted by Crippen LogP contribution is 2.16. The van der Waals surface area contributed by atoms with E-state index in [1.807, 2.05) is 0 Å². The lowest BCUT2D eigenvalue weighted by Gasteiger charge is -2.34. The van der Waals surface area contributed by atoms with E-state index in [4.69, 9.17) is 19.2 Å². The molecule has 0 bridgehead atoms. The minimum absolute atomic E-state index is 0.382. The minimum atomic E-state index is 0.382. The molecule has 0 aromatic rings. The van der Waals surface area contributed by atoms with E-state index in [0.29, 0.717) is 12.2 Å². The number of nitrogens with zero attached hydrogens (tertiary/aromatic N) is 2. The van der Waals surface area contributed by atoms with Crippen molar-refractivity contribution >= 4 is 5.96 Å². The van der Waals surface area contributed by atoms with Crippen LogP contribution >= 0.6 is 0 Å². The maximum absolute atomic E-state index is 5.94. The predicted molar refractivity (Wildman–Crippen MR) is 96.6 cm³/mol. The fourth-order valence-corrected chi connectivity index (χ4v) is 3.30. The van der Waals surface area contributed by atoms with Crippen LogP contribution < -0.4 is 5.32 Å². The van der Waals surface area contributed by atoms with Crippen molar-refractivity contribution < 1.29 is 14.2 Å². The third kappa shape index (κ3) is 6.95. The average Bonchev–Trinajstić information content (AvgIpc) is 3.12. The number of methoxy groups -OCH3 is 1. The third-order valence-corrected chi connectivity index (χ3v) is 4.66. The lowest BCUT2D eigenvalue weighted by molar-refractivity contribution is 0.00990. The molecule has 24 heavy (non-hydrogen) atoms. The molecule has 0 aliphatic carbocycles. The summed E-state index contributed by atoms with van der Waals surface area (Å²) in [7, 11) is 1.74. The van der Waals surface area contributed by atoms with Crippen LogP contribution in [-0.2, 0) is 14.2 Å². The molecule has 1 unspecified atom stereocenters. The second kappa shape index (κ2) is 11.7. The monoisotopic (exact) mass is 341 g/mol. The molecule has 2 aliphatic rings. The highest BCUT2D eigenvalue weighted by Gasteiger charge is 2.22. The lowest BCUT2D eigenvalue weighted by Crippen LogP contribution is -2.47. The zero-order chi connectivity index (χ0) is 17.0. The van der Waals surface area contributed by atoms with Crippen LogP contribution in [0.5, 0.6) is 0 Å². The Labute approximate surface area is 146 Å². The van der Waals surface area contributed by atoms with Crippen molar-refractivity contribution in [2.24, 2.45) is 4.99 Å². The summed E-state index contributed by atoms with van der Waals surface area (Å²) < 4.78 is 16.7. The van der Waals surface area contributed by atoms with E-state index < -0.39 is 0 Å². The van der Waals surface area contributed by atoms with Crippen molar-refractivity contribution in [2.75, 3.05) is 53.1 Å². The number of aliphatic imine (C=N–C) groups is 1.